The Bertz CT molecular complexity index is 359. The van der Waals surface area contributed by atoms with Gasteiger partial charge in [-0.05, 0) is 44.7 Å². The van der Waals surface area contributed by atoms with E-state index in [2.05, 4.69) is 23.9 Å². The van der Waals surface area contributed by atoms with Crippen molar-refractivity contribution in [1.82, 2.24) is 9.88 Å². The van der Waals surface area contributed by atoms with Crippen LogP contribution in [0.25, 0.3) is 0 Å². The van der Waals surface area contributed by atoms with Crippen LogP contribution in [0.5, 0.6) is 0 Å². The summed E-state index contributed by atoms with van der Waals surface area (Å²) in [6.45, 7) is 3.01. The van der Waals surface area contributed by atoms with Crippen LogP contribution in [0.2, 0.25) is 0 Å². The highest BCUT2D eigenvalue weighted by molar-refractivity contribution is 5.12. The average Bonchev–Trinajstić information content (AvgIpc) is 2.33. The van der Waals surface area contributed by atoms with Gasteiger partial charge in [-0.3, -0.25) is 9.88 Å². The molecule has 0 N–H and O–H groups in total. The molecule has 0 amide bonds. The molecule has 94 valence electrons. The van der Waals surface area contributed by atoms with Crippen molar-refractivity contribution in [3.63, 3.8) is 0 Å². The molecular weight excluding hydrogens is 215 g/mol. The minimum absolute atomic E-state index is 0.191. The standard InChI is InChI=1S/C14H21FN2/c1-11-3-5-13(6-4-11)17(2)10-12-7-8-16-9-14(12)15/h7-9,11,13H,3-6,10H2,1-2H3/t11-,13-. The van der Waals surface area contributed by atoms with Gasteiger partial charge in [-0.1, -0.05) is 6.92 Å². The van der Waals surface area contributed by atoms with Gasteiger partial charge in [0.1, 0.15) is 5.82 Å². The summed E-state index contributed by atoms with van der Waals surface area (Å²) >= 11 is 0. The summed E-state index contributed by atoms with van der Waals surface area (Å²) in [5, 5.41) is 0. The van der Waals surface area contributed by atoms with Crippen LogP contribution in [0.4, 0.5) is 4.39 Å². The second-order valence-corrected chi connectivity index (χ2v) is 5.30. The van der Waals surface area contributed by atoms with Gasteiger partial charge in [-0.25, -0.2) is 4.39 Å². The monoisotopic (exact) mass is 236 g/mol. The maximum absolute atomic E-state index is 13.5. The van der Waals surface area contributed by atoms with E-state index in [1.165, 1.54) is 31.9 Å². The molecule has 3 heteroatoms. The van der Waals surface area contributed by atoms with Crippen LogP contribution in [0.15, 0.2) is 18.5 Å². The van der Waals surface area contributed by atoms with Crippen LogP contribution in [-0.4, -0.2) is 23.0 Å². The lowest BCUT2D eigenvalue weighted by atomic mass is 9.86. The summed E-state index contributed by atoms with van der Waals surface area (Å²) in [5.74, 6) is 0.667. The third-order valence-electron chi connectivity index (χ3n) is 3.88. The minimum Gasteiger partial charge on any atom is -0.299 e. The van der Waals surface area contributed by atoms with E-state index in [0.29, 0.717) is 12.6 Å². The molecular formula is C14H21FN2. The fourth-order valence-corrected chi connectivity index (χ4v) is 2.61. The van der Waals surface area contributed by atoms with Crippen molar-refractivity contribution in [2.75, 3.05) is 7.05 Å². The average molecular weight is 236 g/mol. The third kappa shape index (κ3) is 3.25. The van der Waals surface area contributed by atoms with Gasteiger partial charge in [0.05, 0.1) is 6.20 Å². The van der Waals surface area contributed by atoms with E-state index in [-0.39, 0.29) is 5.82 Å². The fraction of sp³-hybridized carbons (Fsp3) is 0.643. The molecule has 1 aromatic heterocycles. The Labute approximate surface area is 103 Å². The van der Waals surface area contributed by atoms with Crippen molar-refractivity contribution in [3.8, 4) is 0 Å². The van der Waals surface area contributed by atoms with Crippen molar-refractivity contribution in [2.45, 2.75) is 45.2 Å². The number of hydrogen-bond donors (Lipinski definition) is 0. The molecule has 0 saturated heterocycles. The smallest absolute Gasteiger partial charge is 0.145 e. The fourth-order valence-electron chi connectivity index (χ4n) is 2.61. The Morgan fingerprint density at radius 3 is 2.71 bits per heavy atom. The lowest BCUT2D eigenvalue weighted by Crippen LogP contribution is -2.34. The van der Waals surface area contributed by atoms with Crippen LogP contribution < -0.4 is 0 Å². The van der Waals surface area contributed by atoms with Crippen molar-refractivity contribution < 1.29 is 4.39 Å². The van der Waals surface area contributed by atoms with Gasteiger partial charge >= 0.3 is 0 Å². The number of rotatable bonds is 3. The summed E-state index contributed by atoms with van der Waals surface area (Å²) in [4.78, 5) is 6.06. The molecule has 1 fully saturated rings. The van der Waals surface area contributed by atoms with Gasteiger partial charge < -0.3 is 0 Å². The summed E-state index contributed by atoms with van der Waals surface area (Å²) < 4.78 is 13.5. The maximum Gasteiger partial charge on any atom is 0.145 e. The van der Waals surface area contributed by atoms with Gasteiger partial charge in [0, 0.05) is 24.3 Å². The van der Waals surface area contributed by atoms with Crippen LogP contribution in [0.3, 0.4) is 0 Å². The molecule has 0 unspecified atom stereocenters. The van der Waals surface area contributed by atoms with Crippen LogP contribution in [0.1, 0.15) is 38.2 Å². The van der Waals surface area contributed by atoms with Gasteiger partial charge in [-0.15, -0.1) is 0 Å². The van der Waals surface area contributed by atoms with E-state index in [0.717, 1.165) is 11.5 Å². The first kappa shape index (κ1) is 12.5. The second-order valence-electron chi connectivity index (χ2n) is 5.30. The number of hydrogen-bond acceptors (Lipinski definition) is 2. The van der Waals surface area contributed by atoms with E-state index < -0.39 is 0 Å². The summed E-state index contributed by atoms with van der Waals surface area (Å²) in [5.41, 5.74) is 0.751. The predicted octanol–water partition coefficient (Wildman–Crippen LogP) is 3.23. The van der Waals surface area contributed by atoms with Crippen LogP contribution in [0, 0.1) is 11.7 Å². The molecule has 2 nitrogen and oxygen atoms in total. The largest absolute Gasteiger partial charge is 0.299 e. The molecule has 0 bridgehead atoms. The molecule has 1 aromatic rings. The van der Waals surface area contributed by atoms with Crippen molar-refractivity contribution in [3.05, 3.63) is 29.8 Å². The van der Waals surface area contributed by atoms with Gasteiger partial charge in [0.25, 0.3) is 0 Å². The SMILES string of the molecule is CN(Cc1ccncc1F)[C@H]1CC[C@H](C)CC1. The van der Waals surface area contributed by atoms with Crippen molar-refractivity contribution >= 4 is 0 Å². The van der Waals surface area contributed by atoms with Crippen molar-refractivity contribution in [2.24, 2.45) is 5.92 Å². The lowest BCUT2D eigenvalue weighted by molar-refractivity contribution is 0.162. The highest BCUT2D eigenvalue weighted by Gasteiger charge is 2.22. The molecule has 1 aliphatic rings. The van der Waals surface area contributed by atoms with E-state index in [1.54, 1.807) is 12.3 Å². The third-order valence-corrected chi connectivity index (χ3v) is 3.88. The topological polar surface area (TPSA) is 16.1 Å². The second kappa shape index (κ2) is 5.58. The Balaban J connectivity index is 1.93. The highest BCUT2D eigenvalue weighted by Crippen LogP contribution is 2.27. The van der Waals surface area contributed by atoms with Gasteiger partial charge in [0.2, 0.25) is 0 Å². The molecule has 0 atom stereocenters. The minimum atomic E-state index is -0.191. The molecule has 0 radical (unpaired) electrons. The number of pyridine rings is 1. The molecule has 2 rings (SSSR count). The zero-order valence-corrected chi connectivity index (χ0v) is 10.7. The predicted molar refractivity (Wildman–Crippen MR) is 67.1 cm³/mol. The van der Waals surface area contributed by atoms with E-state index in [1.807, 2.05) is 0 Å². The highest BCUT2D eigenvalue weighted by atomic mass is 19.1. The number of nitrogens with zero attached hydrogens (tertiary/aromatic N) is 2. The van der Waals surface area contributed by atoms with Crippen molar-refractivity contribution in [1.29, 1.82) is 0 Å². The first-order valence-corrected chi connectivity index (χ1v) is 6.45. The Morgan fingerprint density at radius 1 is 1.35 bits per heavy atom. The Hall–Kier alpha value is -0.960. The van der Waals surface area contributed by atoms with Gasteiger partial charge in [-0.2, -0.15) is 0 Å². The quantitative estimate of drug-likeness (QED) is 0.801. The Morgan fingerprint density at radius 2 is 2.06 bits per heavy atom. The maximum atomic E-state index is 13.5. The zero-order valence-electron chi connectivity index (χ0n) is 10.7. The van der Waals surface area contributed by atoms with E-state index in [4.69, 9.17) is 0 Å². The van der Waals surface area contributed by atoms with E-state index in [9.17, 15) is 4.39 Å². The normalized spacial score (nSPS) is 25.2. The zero-order chi connectivity index (χ0) is 12.3. The molecule has 1 heterocycles. The molecule has 0 spiro atoms. The van der Waals surface area contributed by atoms with E-state index >= 15 is 0 Å². The molecule has 1 saturated carbocycles. The summed E-state index contributed by atoms with van der Waals surface area (Å²) in [6, 6.07) is 2.39. The number of halogens is 1. The van der Waals surface area contributed by atoms with Crippen LogP contribution in [-0.2, 0) is 6.54 Å². The first-order valence-electron chi connectivity index (χ1n) is 6.45. The molecule has 0 aliphatic heterocycles. The molecule has 1 aliphatic carbocycles. The number of aromatic nitrogens is 1. The molecule has 17 heavy (non-hydrogen) atoms. The molecule has 0 aromatic carbocycles. The first-order chi connectivity index (χ1) is 8.16. The summed E-state index contributed by atoms with van der Waals surface area (Å²) in [7, 11) is 2.10. The lowest BCUT2D eigenvalue weighted by Gasteiger charge is -2.33. The Kier molecular flexibility index (Phi) is 4.11. The summed E-state index contributed by atoms with van der Waals surface area (Å²) in [6.07, 6.45) is 8.04. The van der Waals surface area contributed by atoms with Crippen LogP contribution >= 0.6 is 0 Å². The van der Waals surface area contributed by atoms with Gasteiger partial charge in [0.15, 0.2) is 0 Å².